The summed E-state index contributed by atoms with van der Waals surface area (Å²) < 4.78 is 0. The monoisotopic (exact) mass is 301 g/mol. The SMILES string of the molecule is CNc1ccc(Cl)c(C(=O)NC2CC2c2ccccc2)n1. The van der Waals surface area contributed by atoms with Crippen molar-refractivity contribution in [2.24, 2.45) is 0 Å². The van der Waals surface area contributed by atoms with Crippen LogP contribution in [-0.2, 0) is 0 Å². The third kappa shape index (κ3) is 3.00. The molecule has 2 N–H and O–H groups in total. The van der Waals surface area contributed by atoms with Gasteiger partial charge in [-0.3, -0.25) is 4.79 Å². The van der Waals surface area contributed by atoms with Gasteiger partial charge in [-0.1, -0.05) is 41.9 Å². The van der Waals surface area contributed by atoms with E-state index in [9.17, 15) is 4.79 Å². The molecule has 1 aliphatic rings. The van der Waals surface area contributed by atoms with Gasteiger partial charge in [0.25, 0.3) is 5.91 Å². The van der Waals surface area contributed by atoms with E-state index in [2.05, 4.69) is 27.8 Å². The average molecular weight is 302 g/mol. The minimum Gasteiger partial charge on any atom is -0.373 e. The zero-order valence-electron chi connectivity index (χ0n) is 11.6. The molecular formula is C16H16ClN3O. The summed E-state index contributed by atoms with van der Waals surface area (Å²) >= 11 is 6.05. The first-order chi connectivity index (χ1) is 10.2. The van der Waals surface area contributed by atoms with E-state index in [1.165, 1.54) is 5.56 Å². The number of carbonyl (C=O) groups excluding carboxylic acids is 1. The van der Waals surface area contributed by atoms with Gasteiger partial charge in [-0.05, 0) is 24.1 Å². The van der Waals surface area contributed by atoms with Crippen LogP contribution in [-0.4, -0.2) is 24.0 Å². The van der Waals surface area contributed by atoms with Crippen LogP contribution in [0.4, 0.5) is 5.82 Å². The predicted molar refractivity (Wildman–Crippen MR) is 83.8 cm³/mol. The van der Waals surface area contributed by atoms with Crippen molar-refractivity contribution in [3.63, 3.8) is 0 Å². The molecule has 1 aromatic heterocycles. The molecule has 2 unspecified atom stereocenters. The van der Waals surface area contributed by atoms with Gasteiger partial charge >= 0.3 is 0 Å². The Labute approximate surface area is 128 Å². The van der Waals surface area contributed by atoms with Crippen LogP contribution in [0.3, 0.4) is 0 Å². The summed E-state index contributed by atoms with van der Waals surface area (Å²) in [5, 5.41) is 6.26. The number of carbonyl (C=O) groups is 1. The van der Waals surface area contributed by atoms with Crippen LogP contribution >= 0.6 is 11.6 Å². The Bertz CT molecular complexity index is 660. The number of pyridine rings is 1. The number of halogens is 1. The number of aromatic nitrogens is 1. The summed E-state index contributed by atoms with van der Waals surface area (Å²) in [6.07, 6.45) is 0.957. The first-order valence-electron chi connectivity index (χ1n) is 6.89. The van der Waals surface area contributed by atoms with Crippen molar-refractivity contribution >= 4 is 23.3 Å². The Hall–Kier alpha value is -2.07. The van der Waals surface area contributed by atoms with Gasteiger partial charge in [-0.15, -0.1) is 0 Å². The molecule has 0 radical (unpaired) electrons. The molecular weight excluding hydrogens is 286 g/mol. The lowest BCUT2D eigenvalue weighted by Crippen LogP contribution is -2.27. The zero-order valence-corrected chi connectivity index (χ0v) is 12.4. The normalized spacial score (nSPS) is 19.9. The Morgan fingerprint density at radius 2 is 2.00 bits per heavy atom. The Morgan fingerprint density at radius 3 is 2.71 bits per heavy atom. The molecule has 1 saturated carbocycles. The molecule has 108 valence electrons. The molecule has 1 amide bonds. The highest BCUT2D eigenvalue weighted by Gasteiger charge is 2.39. The van der Waals surface area contributed by atoms with Crippen molar-refractivity contribution in [1.29, 1.82) is 0 Å². The zero-order chi connectivity index (χ0) is 14.8. The van der Waals surface area contributed by atoms with Crippen molar-refractivity contribution in [2.45, 2.75) is 18.4 Å². The van der Waals surface area contributed by atoms with Gasteiger partial charge in [0, 0.05) is 19.0 Å². The summed E-state index contributed by atoms with van der Waals surface area (Å²) in [6, 6.07) is 13.8. The molecule has 1 aliphatic carbocycles. The van der Waals surface area contributed by atoms with Gasteiger partial charge in [0.15, 0.2) is 0 Å². The van der Waals surface area contributed by atoms with Crippen molar-refractivity contribution in [2.75, 3.05) is 12.4 Å². The van der Waals surface area contributed by atoms with E-state index in [0.717, 1.165) is 6.42 Å². The highest BCUT2D eigenvalue weighted by molar-refractivity contribution is 6.33. The number of nitrogens with one attached hydrogen (secondary N) is 2. The van der Waals surface area contributed by atoms with E-state index in [-0.39, 0.29) is 17.6 Å². The standard InChI is InChI=1S/C16H16ClN3O/c1-18-14-8-7-12(17)15(20-14)16(21)19-13-9-11(13)10-5-3-2-4-6-10/h2-8,11,13H,9H2,1H3,(H,18,20)(H,19,21). The molecule has 0 spiro atoms. The van der Waals surface area contributed by atoms with E-state index in [1.54, 1.807) is 19.2 Å². The maximum absolute atomic E-state index is 12.3. The minimum atomic E-state index is -0.222. The maximum atomic E-state index is 12.3. The molecule has 4 nitrogen and oxygen atoms in total. The quantitative estimate of drug-likeness (QED) is 0.912. The second-order valence-electron chi connectivity index (χ2n) is 5.11. The number of hydrogen-bond acceptors (Lipinski definition) is 3. The van der Waals surface area contributed by atoms with Gasteiger partial charge in [0.1, 0.15) is 11.5 Å². The number of rotatable bonds is 4. The lowest BCUT2D eigenvalue weighted by molar-refractivity contribution is 0.0945. The van der Waals surface area contributed by atoms with Gasteiger partial charge in [-0.25, -0.2) is 4.98 Å². The number of hydrogen-bond donors (Lipinski definition) is 2. The first-order valence-corrected chi connectivity index (χ1v) is 7.27. The van der Waals surface area contributed by atoms with Crippen LogP contribution in [0.1, 0.15) is 28.4 Å². The van der Waals surface area contributed by atoms with Gasteiger partial charge < -0.3 is 10.6 Å². The van der Waals surface area contributed by atoms with E-state index >= 15 is 0 Å². The fourth-order valence-corrected chi connectivity index (χ4v) is 2.59. The van der Waals surface area contributed by atoms with E-state index in [0.29, 0.717) is 16.8 Å². The smallest absolute Gasteiger partial charge is 0.271 e. The summed E-state index contributed by atoms with van der Waals surface area (Å²) in [5.74, 6) is 0.793. The van der Waals surface area contributed by atoms with Crippen molar-refractivity contribution in [1.82, 2.24) is 10.3 Å². The third-order valence-corrected chi connectivity index (χ3v) is 3.96. The fraction of sp³-hybridized carbons (Fsp3) is 0.250. The van der Waals surface area contributed by atoms with Crippen molar-refractivity contribution in [3.8, 4) is 0 Å². The van der Waals surface area contributed by atoms with E-state index in [1.807, 2.05) is 18.2 Å². The Kier molecular flexibility index (Phi) is 3.80. The van der Waals surface area contributed by atoms with Gasteiger partial charge in [0.2, 0.25) is 0 Å². The highest BCUT2D eigenvalue weighted by atomic mass is 35.5. The van der Waals surface area contributed by atoms with E-state index < -0.39 is 0 Å². The molecule has 2 atom stereocenters. The molecule has 2 aromatic rings. The van der Waals surface area contributed by atoms with Gasteiger partial charge in [0.05, 0.1) is 5.02 Å². The molecule has 0 aliphatic heterocycles. The molecule has 3 rings (SSSR count). The predicted octanol–water partition coefficient (Wildman–Crippen LogP) is 3.06. The average Bonchev–Trinajstić information content (AvgIpc) is 3.27. The molecule has 0 bridgehead atoms. The second kappa shape index (κ2) is 5.74. The Balaban J connectivity index is 1.68. The minimum absolute atomic E-state index is 0.163. The number of amides is 1. The van der Waals surface area contributed by atoms with Crippen LogP contribution in [0, 0.1) is 0 Å². The van der Waals surface area contributed by atoms with Crippen LogP contribution in [0.15, 0.2) is 42.5 Å². The number of benzene rings is 1. The van der Waals surface area contributed by atoms with E-state index in [4.69, 9.17) is 11.6 Å². The van der Waals surface area contributed by atoms with Crippen molar-refractivity contribution in [3.05, 3.63) is 58.7 Å². The summed E-state index contributed by atoms with van der Waals surface area (Å²) in [6.45, 7) is 0. The summed E-state index contributed by atoms with van der Waals surface area (Å²) in [5.41, 5.74) is 1.52. The molecule has 1 fully saturated rings. The van der Waals surface area contributed by atoms with Crippen LogP contribution in [0.25, 0.3) is 0 Å². The maximum Gasteiger partial charge on any atom is 0.271 e. The topological polar surface area (TPSA) is 54.0 Å². The largest absolute Gasteiger partial charge is 0.373 e. The van der Waals surface area contributed by atoms with Crippen LogP contribution in [0.2, 0.25) is 5.02 Å². The molecule has 21 heavy (non-hydrogen) atoms. The molecule has 0 saturated heterocycles. The van der Waals surface area contributed by atoms with Gasteiger partial charge in [-0.2, -0.15) is 0 Å². The lowest BCUT2D eigenvalue weighted by Gasteiger charge is -2.07. The fourth-order valence-electron chi connectivity index (χ4n) is 2.40. The lowest BCUT2D eigenvalue weighted by atomic mass is 10.1. The summed E-state index contributed by atoms with van der Waals surface area (Å²) in [7, 11) is 1.75. The molecule has 1 aromatic carbocycles. The highest BCUT2D eigenvalue weighted by Crippen LogP contribution is 2.40. The van der Waals surface area contributed by atoms with Crippen molar-refractivity contribution < 1.29 is 4.79 Å². The third-order valence-electron chi connectivity index (χ3n) is 3.65. The van der Waals surface area contributed by atoms with Crippen LogP contribution < -0.4 is 10.6 Å². The summed E-state index contributed by atoms with van der Waals surface area (Å²) in [4.78, 5) is 16.5. The second-order valence-corrected chi connectivity index (χ2v) is 5.52. The molecule has 5 heteroatoms. The van der Waals surface area contributed by atoms with Crippen LogP contribution in [0.5, 0.6) is 0 Å². The Morgan fingerprint density at radius 1 is 1.24 bits per heavy atom. The molecule has 1 heterocycles. The number of anilines is 1. The first kappa shape index (κ1) is 13.9. The number of nitrogens with zero attached hydrogens (tertiary/aromatic N) is 1.